The Morgan fingerprint density at radius 3 is 2.80 bits per heavy atom. The largest absolute Gasteiger partial charge is 0.396 e. The van der Waals surface area contributed by atoms with Gasteiger partial charge >= 0.3 is 0 Å². The third kappa shape index (κ3) is 2.63. The fourth-order valence-corrected chi connectivity index (χ4v) is 1.85. The molecule has 0 amide bonds. The summed E-state index contributed by atoms with van der Waals surface area (Å²) in [5.74, 6) is 0. The van der Waals surface area contributed by atoms with E-state index in [9.17, 15) is 0 Å². The van der Waals surface area contributed by atoms with Crippen LogP contribution in [0.3, 0.4) is 0 Å². The van der Waals surface area contributed by atoms with Gasteiger partial charge in [0.1, 0.15) is 11.0 Å². The van der Waals surface area contributed by atoms with Gasteiger partial charge in [-0.2, -0.15) is 8.75 Å². The predicted molar refractivity (Wildman–Crippen MR) is 63.3 cm³/mol. The SMILES string of the molecule is Cl.NC(CCO)c1ccc2nsnc2c1. The zero-order chi connectivity index (χ0) is 9.97. The number of fused-ring (bicyclic) bond motifs is 1. The Kier molecular flexibility index (Phi) is 4.41. The van der Waals surface area contributed by atoms with Crippen molar-refractivity contribution in [3.8, 4) is 0 Å². The first-order valence-corrected chi connectivity index (χ1v) is 5.13. The van der Waals surface area contributed by atoms with Gasteiger partial charge in [-0.05, 0) is 24.1 Å². The van der Waals surface area contributed by atoms with Crippen molar-refractivity contribution in [2.45, 2.75) is 12.5 Å². The molecule has 0 aliphatic carbocycles. The first-order chi connectivity index (χ1) is 6.81. The van der Waals surface area contributed by atoms with Crippen LogP contribution >= 0.6 is 24.1 Å². The van der Waals surface area contributed by atoms with E-state index in [1.807, 2.05) is 18.2 Å². The van der Waals surface area contributed by atoms with Crippen LogP contribution in [0.4, 0.5) is 0 Å². The minimum atomic E-state index is -0.119. The summed E-state index contributed by atoms with van der Waals surface area (Å²) in [6.07, 6.45) is 0.572. The number of nitrogens with two attached hydrogens (primary N) is 1. The van der Waals surface area contributed by atoms with Gasteiger partial charge in [0.15, 0.2) is 0 Å². The number of nitrogens with zero attached hydrogens (tertiary/aromatic N) is 2. The lowest BCUT2D eigenvalue weighted by molar-refractivity contribution is 0.276. The molecule has 0 spiro atoms. The summed E-state index contributed by atoms with van der Waals surface area (Å²) >= 11 is 1.20. The van der Waals surface area contributed by atoms with Gasteiger partial charge in [0.05, 0.1) is 11.7 Å². The highest BCUT2D eigenvalue weighted by Crippen LogP contribution is 2.19. The second-order valence-corrected chi connectivity index (χ2v) is 3.66. The number of aromatic nitrogens is 2. The molecule has 2 rings (SSSR count). The first kappa shape index (κ1) is 12.3. The molecule has 1 atom stereocenters. The molecule has 0 saturated heterocycles. The summed E-state index contributed by atoms with van der Waals surface area (Å²) in [5.41, 5.74) is 8.63. The van der Waals surface area contributed by atoms with Gasteiger partial charge in [0.2, 0.25) is 0 Å². The Hall–Kier alpha value is -0.750. The van der Waals surface area contributed by atoms with Gasteiger partial charge in [-0.3, -0.25) is 0 Å². The van der Waals surface area contributed by atoms with Crippen molar-refractivity contribution >= 4 is 35.2 Å². The van der Waals surface area contributed by atoms with Crippen molar-refractivity contribution in [3.05, 3.63) is 23.8 Å². The summed E-state index contributed by atoms with van der Waals surface area (Å²) in [6.45, 7) is 0.106. The van der Waals surface area contributed by atoms with Crippen LogP contribution in [-0.2, 0) is 0 Å². The molecule has 2 aromatic rings. The van der Waals surface area contributed by atoms with Crippen LogP contribution in [0.2, 0.25) is 0 Å². The summed E-state index contributed by atoms with van der Waals surface area (Å²) < 4.78 is 8.24. The topological polar surface area (TPSA) is 72.0 Å². The summed E-state index contributed by atoms with van der Waals surface area (Å²) in [5, 5.41) is 8.77. The van der Waals surface area contributed by atoms with Crippen LogP contribution in [0.15, 0.2) is 18.2 Å². The van der Waals surface area contributed by atoms with Crippen LogP contribution in [-0.4, -0.2) is 20.5 Å². The van der Waals surface area contributed by atoms with E-state index in [2.05, 4.69) is 8.75 Å². The van der Waals surface area contributed by atoms with E-state index in [-0.39, 0.29) is 25.1 Å². The lowest BCUT2D eigenvalue weighted by Gasteiger charge is -2.09. The van der Waals surface area contributed by atoms with Crippen molar-refractivity contribution in [2.75, 3.05) is 6.61 Å². The molecule has 1 heterocycles. The zero-order valence-corrected chi connectivity index (χ0v) is 9.59. The van der Waals surface area contributed by atoms with Gasteiger partial charge in [0.25, 0.3) is 0 Å². The number of hydrogen-bond donors (Lipinski definition) is 2. The van der Waals surface area contributed by atoms with E-state index < -0.39 is 0 Å². The second-order valence-electron chi connectivity index (χ2n) is 3.13. The number of hydrogen-bond acceptors (Lipinski definition) is 5. The van der Waals surface area contributed by atoms with E-state index in [1.165, 1.54) is 11.7 Å². The smallest absolute Gasteiger partial charge is 0.105 e. The van der Waals surface area contributed by atoms with Gasteiger partial charge in [-0.15, -0.1) is 12.4 Å². The van der Waals surface area contributed by atoms with Gasteiger partial charge in [0, 0.05) is 12.6 Å². The molecule has 0 fully saturated rings. The average molecular weight is 246 g/mol. The molecular weight excluding hydrogens is 234 g/mol. The number of aliphatic hydroxyl groups is 1. The number of aliphatic hydroxyl groups excluding tert-OH is 1. The molecule has 15 heavy (non-hydrogen) atoms. The highest BCUT2D eigenvalue weighted by molar-refractivity contribution is 7.00. The van der Waals surface area contributed by atoms with Crippen molar-refractivity contribution in [3.63, 3.8) is 0 Å². The summed E-state index contributed by atoms with van der Waals surface area (Å²) in [6, 6.07) is 5.65. The molecule has 1 aromatic carbocycles. The number of halogens is 1. The van der Waals surface area contributed by atoms with Crippen molar-refractivity contribution in [1.82, 2.24) is 8.75 Å². The minimum Gasteiger partial charge on any atom is -0.396 e. The molecule has 1 aromatic heterocycles. The predicted octanol–water partition coefficient (Wildman–Crippen LogP) is 1.50. The normalized spacial score (nSPS) is 12.4. The van der Waals surface area contributed by atoms with Crippen molar-refractivity contribution in [1.29, 1.82) is 0 Å². The Morgan fingerprint density at radius 2 is 2.07 bits per heavy atom. The van der Waals surface area contributed by atoms with Gasteiger partial charge < -0.3 is 10.8 Å². The third-order valence-electron chi connectivity index (χ3n) is 2.15. The Balaban J connectivity index is 0.00000112. The lowest BCUT2D eigenvalue weighted by Crippen LogP contribution is -2.11. The maximum atomic E-state index is 8.77. The molecule has 3 N–H and O–H groups in total. The van der Waals surface area contributed by atoms with E-state index in [0.29, 0.717) is 6.42 Å². The van der Waals surface area contributed by atoms with Crippen LogP contribution in [0, 0.1) is 0 Å². The second kappa shape index (κ2) is 5.37. The average Bonchev–Trinajstić information content (AvgIpc) is 2.64. The molecule has 0 aliphatic heterocycles. The highest BCUT2D eigenvalue weighted by atomic mass is 35.5. The molecule has 0 aliphatic rings. The molecular formula is C9H12ClN3OS. The van der Waals surface area contributed by atoms with E-state index in [1.54, 1.807) is 0 Å². The molecule has 4 nitrogen and oxygen atoms in total. The quantitative estimate of drug-likeness (QED) is 0.860. The van der Waals surface area contributed by atoms with E-state index in [4.69, 9.17) is 10.8 Å². The zero-order valence-electron chi connectivity index (χ0n) is 7.96. The maximum absolute atomic E-state index is 8.77. The standard InChI is InChI=1S/C9H11N3OS.ClH/c10-7(3-4-13)6-1-2-8-9(5-6)12-14-11-8;/h1-2,5,7,13H,3-4,10H2;1H. The van der Waals surface area contributed by atoms with Gasteiger partial charge in [-0.1, -0.05) is 6.07 Å². The molecule has 0 radical (unpaired) electrons. The number of rotatable bonds is 3. The Labute approximate surface area is 97.9 Å². The lowest BCUT2D eigenvalue weighted by atomic mass is 10.0. The molecule has 6 heteroatoms. The van der Waals surface area contributed by atoms with Crippen LogP contribution < -0.4 is 5.73 Å². The monoisotopic (exact) mass is 245 g/mol. The minimum absolute atomic E-state index is 0. The molecule has 0 saturated carbocycles. The van der Waals surface area contributed by atoms with Crippen molar-refractivity contribution < 1.29 is 5.11 Å². The maximum Gasteiger partial charge on any atom is 0.105 e. The molecule has 82 valence electrons. The molecule has 1 unspecified atom stereocenters. The Bertz CT molecular complexity index is 434. The van der Waals surface area contributed by atoms with Crippen LogP contribution in [0.1, 0.15) is 18.0 Å². The fourth-order valence-electron chi connectivity index (χ4n) is 1.34. The van der Waals surface area contributed by atoms with E-state index in [0.717, 1.165) is 16.6 Å². The van der Waals surface area contributed by atoms with Crippen LogP contribution in [0.5, 0.6) is 0 Å². The van der Waals surface area contributed by atoms with Gasteiger partial charge in [-0.25, -0.2) is 0 Å². The Morgan fingerprint density at radius 1 is 1.33 bits per heavy atom. The summed E-state index contributed by atoms with van der Waals surface area (Å²) in [4.78, 5) is 0. The first-order valence-electron chi connectivity index (χ1n) is 4.40. The highest BCUT2D eigenvalue weighted by Gasteiger charge is 2.07. The summed E-state index contributed by atoms with van der Waals surface area (Å²) in [7, 11) is 0. The van der Waals surface area contributed by atoms with Crippen molar-refractivity contribution in [2.24, 2.45) is 5.73 Å². The van der Waals surface area contributed by atoms with Crippen LogP contribution in [0.25, 0.3) is 11.0 Å². The molecule has 0 bridgehead atoms. The fraction of sp³-hybridized carbons (Fsp3) is 0.333. The number of benzene rings is 1. The van der Waals surface area contributed by atoms with E-state index >= 15 is 0 Å². The third-order valence-corrected chi connectivity index (χ3v) is 2.70.